The fraction of sp³-hybridized carbons (Fsp3) is 0.444. The molecule has 8 nitrogen and oxygen atoms in total. The van der Waals surface area contributed by atoms with Crippen molar-refractivity contribution < 1.29 is 27.3 Å². The number of rotatable bonds is 3. The van der Waals surface area contributed by atoms with Gasteiger partial charge in [-0.1, -0.05) is 25.9 Å². The van der Waals surface area contributed by atoms with Crippen molar-refractivity contribution in [3.8, 4) is 0 Å². The Labute approximate surface area is 164 Å². The predicted octanol–water partition coefficient (Wildman–Crippen LogP) is 2.98. The molecule has 0 aliphatic carbocycles. The zero-order valence-electron chi connectivity index (χ0n) is 16.2. The fourth-order valence-electron chi connectivity index (χ4n) is 2.82. The first-order chi connectivity index (χ1) is 13.4. The molecule has 3 rings (SSSR count). The van der Waals surface area contributed by atoms with Crippen molar-refractivity contribution in [1.29, 1.82) is 0 Å². The lowest BCUT2D eigenvalue weighted by molar-refractivity contribution is -0.138. The first-order valence-corrected chi connectivity index (χ1v) is 8.75. The van der Waals surface area contributed by atoms with E-state index in [1.807, 2.05) is 20.8 Å². The Morgan fingerprint density at radius 3 is 2.48 bits per heavy atom. The van der Waals surface area contributed by atoms with Crippen LogP contribution in [-0.2, 0) is 21.2 Å². The second-order valence-corrected chi connectivity index (χ2v) is 7.70. The molecule has 11 heteroatoms. The number of hydrazine groups is 1. The summed E-state index contributed by atoms with van der Waals surface area (Å²) in [5.74, 6) is -0.140. The van der Waals surface area contributed by atoms with Crippen LogP contribution in [-0.4, -0.2) is 40.1 Å². The van der Waals surface area contributed by atoms with Gasteiger partial charge in [-0.05, 0) is 12.1 Å². The van der Waals surface area contributed by atoms with E-state index in [1.165, 1.54) is 12.1 Å². The smallest absolute Gasteiger partial charge is 0.359 e. The lowest BCUT2D eigenvalue weighted by atomic mass is 9.93. The molecule has 0 saturated carbocycles. The van der Waals surface area contributed by atoms with Gasteiger partial charge in [-0.25, -0.2) is 4.98 Å². The number of nitrogens with one attached hydrogen (secondary N) is 1. The van der Waals surface area contributed by atoms with Crippen LogP contribution in [0.3, 0.4) is 0 Å². The van der Waals surface area contributed by atoms with E-state index in [0.717, 1.165) is 17.1 Å². The Hall–Kier alpha value is -3.11. The van der Waals surface area contributed by atoms with E-state index >= 15 is 0 Å². The highest BCUT2D eigenvalue weighted by Crippen LogP contribution is 2.32. The summed E-state index contributed by atoms with van der Waals surface area (Å²) in [5.41, 5.74) is -1.23. The van der Waals surface area contributed by atoms with Crippen LogP contribution in [0.5, 0.6) is 0 Å². The summed E-state index contributed by atoms with van der Waals surface area (Å²) < 4.78 is 43.5. The van der Waals surface area contributed by atoms with E-state index in [1.54, 1.807) is 6.07 Å². The molecule has 156 valence electrons. The minimum Gasteiger partial charge on any atom is -0.359 e. The number of nitrogens with zero attached hydrogens (tertiary/aromatic N) is 4. The van der Waals surface area contributed by atoms with E-state index in [0.29, 0.717) is 12.0 Å². The normalized spacial score (nSPS) is 17.8. The zero-order valence-corrected chi connectivity index (χ0v) is 16.2. The number of pyridine rings is 1. The van der Waals surface area contributed by atoms with E-state index in [9.17, 15) is 22.8 Å². The lowest BCUT2D eigenvalue weighted by Gasteiger charge is -2.29. The summed E-state index contributed by atoms with van der Waals surface area (Å²) in [6.07, 6.45) is -4.03. The van der Waals surface area contributed by atoms with Gasteiger partial charge in [0.1, 0.15) is 17.6 Å². The maximum atomic E-state index is 12.8. The Kier molecular flexibility index (Phi) is 5.01. The van der Waals surface area contributed by atoms with E-state index in [4.69, 9.17) is 4.52 Å². The number of halogens is 3. The van der Waals surface area contributed by atoms with Crippen molar-refractivity contribution in [3.05, 3.63) is 35.7 Å². The van der Waals surface area contributed by atoms with E-state index < -0.39 is 23.7 Å². The molecule has 0 spiro atoms. The molecule has 2 aromatic rings. The Bertz CT molecular complexity index is 918. The summed E-state index contributed by atoms with van der Waals surface area (Å²) in [6.45, 7) is 5.76. The molecule has 1 atom stereocenters. The van der Waals surface area contributed by atoms with Gasteiger partial charge >= 0.3 is 6.18 Å². The molecule has 2 aromatic heterocycles. The SMILES string of the molecule is CN1C(=O)CC(C(=O)Nc2cc(C(C)(C)C)on2)N1c1ccc(C(F)(F)F)cn1. The van der Waals surface area contributed by atoms with Gasteiger partial charge in [-0.2, -0.15) is 13.2 Å². The third-order valence-corrected chi connectivity index (χ3v) is 4.46. The molecular weight excluding hydrogens is 391 g/mol. The Morgan fingerprint density at radius 2 is 1.97 bits per heavy atom. The van der Waals surface area contributed by atoms with Crippen LogP contribution >= 0.6 is 0 Å². The molecule has 1 aliphatic heterocycles. The second kappa shape index (κ2) is 7.05. The van der Waals surface area contributed by atoms with Crippen molar-refractivity contribution in [2.45, 2.75) is 44.8 Å². The van der Waals surface area contributed by atoms with Crippen molar-refractivity contribution >= 4 is 23.5 Å². The highest BCUT2D eigenvalue weighted by molar-refractivity contribution is 6.01. The molecule has 0 bridgehead atoms. The molecular formula is C18H20F3N5O3. The van der Waals surface area contributed by atoms with Gasteiger partial charge in [0.05, 0.1) is 12.0 Å². The van der Waals surface area contributed by atoms with Crippen LogP contribution in [0, 0.1) is 0 Å². The first kappa shape index (κ1) is 20.6. The zero-order chi connectivity index (χ0) is 21.6. The molecule has 1 fully saturated rings. The third-order valence-electron chi connectivity index (χ3n) is 4.46. The number of aromatic nitrogens is 2. The number of hydrogen-bond donors (Lipinski definition) is 1. The van der Waals surface area contributed by atoms with Gasteiger partial charge in [-0.3, -0.25) is 19.6 Å². The molecule has 1 saturated heterocycles. The molecule has 3 heterocycles. The maximum Gasteiger partial charge on any atom is 0.417 e. The second-order valence-electron chi connectivity index (χ2n) is 7.70. The van der Waals surface area contributed by atoms with Gasteiger partial charge in [0, 0.05) is 24.7 Å². The van der Waals surface area contributed by atoms with Crippen LogP contribution < -0.4 is 10.3 Å². The summed E-state index contributed by atoms with van der Waals surface area (Å²) in [6, 6.07) is 2.55. The quantitative estimate of drug-likeness (QED) is 0.835. The van der Waals surface area contributed by atoms with Gasteiger partial charge in [-0.15, -0.1) is 0 Å². The summed E-state index contributed by atoms with van der Waals surface area (Å²) in [4.78, 5) is 28.7. The van der Waals surface area contributed by atoms with E-state index in [2.05, 4.69) is 15.5 Å². The van der Waals surface area contributed by atoms with Crippen LogP contribution in [0.4, 0.5) is 24.8 Å². The minimum absolute atomic E-state index is 0.0435. The Morgan fingerprint density at radius 1 is 1.28 bits per heavy atom. The number of amides is 2. The van der Waals surface area contributed by atoms with Crippen LogP contribution in [0.15, 0.2) is 28.9 Å². The molecule has 1 unspecified atom stereocenters. The summed E-state index contributed by atoms with van der Waals surface area (Å²) in [7, 11) is 1.42. The van der Waals surface area contributed by atoms with Gasteiger partial charge in [0.15, 0.2) is 5.82 Å². The average Bonchev–Trinajstić information content (AvgIpc) is 3.19. The van der Waals surface area contributed by atoms with Gasteiger partial charge in [0.2, 0.25) is 5.91 Å². The number of carbonyl (C=O) groups is 2. The largest absolute Gasteiger partial charge is 0.417 e. The molecule has 0 aromatic carbocycles. The summed E-state index contributed by atoms with van der Waals surface area (Å²) in [5, 5.41) is 8.79. The lowest BCUT2D eigenvalue weighted by Crippen LogP contribution is -2.46. The van der Waals surface area contributed by atoms with Crippen LogP contribution in [0.2, 0.25) is 0 Å². The molecule has 1 aliphatic rings. The van der Waals surface area contributed by atoms with E-state index in [-0.39, 0.29) is 29.4 Å². The summed E-state index contributed by atoms with van der Waals surface area (Å²) >= 11 is 0. The van der Waals surface area contributed by atoms with Crippen LogP contribution in [0.25, 0.3) is 0 Å². The Balaban J connectivity index is 1.82. The highest BCUT2D eigenvalue weighted by atomic mass is 19.4. The fourth-order valence-corrected chi connectivity index (χ4v) is 2.82. The predicted molar refractivity (Wildman–Crippen MR) is 96.7 cm³/mol. The minimum atomic E-state index is -4.53. The monoisotopic (exact) mass is 411 g/mol. The first-order valence-electron chi connectivity index (χ1n) is 8.75. The number of alkyl halides is 3. The van der Waals surface area contributed by atoms with Gasteiger partial charge in [0.25, 0.3) is 5.91 Å². The van der Waals surface area contributed by atoms with Crippen molar-refractivity contribution in [2.24, 2.45) is 0 Å². The molecule has 29 heavy (non-hydrogen) atoms. The average molecular weight is 411 g/mol. The number of anilines is 2. The third kappa shape index (κ3) is 4.17. The molecule has 1 N–H and O–H groups in total. The van der Waals surface area contributed by atoms with Gasteiger partial charge < -0.3 is 9.84 Å². The maximum absolute atomic E-state index is 12.8. The number of hydrogen-bond acceptors (Lipinski definition) is 6. The topological polar surface area (TPSA) is 91.6 Å². The number of carbonyl (C=O) groups excluding carboxylic acids is 2. The van der Waals surface area contributed by atoms with Crippen LogP contribution in [0.1, 0.15) is 38.5 Å². The van der Waals surface area contributed by atoms with Crippen molar-refractivity contribution in [1.82, 2.24) is 15.1 Å². The molecule has 0 radical (unpaired) electrons. The highest BCUT2D eigenvalue weighted by Gasteiger charge is 2.42. The van der Waals surface area contributed by atoms with Crippen molar-refractivity contribution in [2.75, 3.05) is 17.4 Å². The standard InChI is InChI=1S/C18H20F3N5O3/c1-17(2,3)12-8-13(24-29-12)23-16(28)11-7-15(27)25(4)26(11)14-6-5-10(9-22-14)18(19,20)21/h5-6,8-9,11H,7H2,1-4H3,(H,23,24,28). The van der Waals surface area contributed by atoms with Crippen molar-refractivity contribution in [3.63, 3.8) is 0 Å². The molecule has 2 amide bonds.